The molecule has 0 atom stereocenters. The van der Waals surface area contributed by atoms with Crippen LogP contribution in [0.3, 0.4) is 0 Å². The zero-order valence-electron chi connectivity index (χ0n) is 17.3. The van der Waals surface area contributed by atoms with E-state index in [0.717, 1.165) is 0 Å². The predicted molar refractivity (Wildman–Crippen MR) is 113 cm³/mol. The van der Waals surface area contributed by atoms with Gasteiger partial charge < -0.3 is 15.0 Å². The van der Waals surface area contributed by atoms with E-state index in [1.54, 1.807) is 25.4 Å². The minimum absolute atomic E-state index is 0.116. The second-order valence-corrected chi connectivity index (χ2v) is 7.48. The molecule has 0 unspecified atom stereocenters. The van der Waals surface area contributed by atoms with E-state index in [2.05, 4.69) is 5.32 Å². The molecule has 2 aromatic rings. The van der Waals surface area contributed by atoms with Crippen LogP contribution in [0.5, 0.6) is 5.75 Å². The maximum Gasteiger partial charge on any atom is 0.317 e. The highest BCUT2D eigenvalue weighted by Gasteiger charge is 2.38. The molecule has 0 saturated carbocycles. The number of hydrogen-bond acceptors (Lipinski definition) is 5. The number of fused-ring (bicyclic) bond motifs is 1. The van der Waals surface area contributed by atoms with E-state index in [1.165, 1.54) is 33.7 Å². The summed E-state index contributed by atoms with van der Waals surface area (Å²) in [5, 5.41) is 14.1. The van der Waals surface area contributed by atoms with Gasteiger partial charge in [0.15, 0.2) is 0 Å². The van der Waals surface area contributed by atoms with Gasteiger partial charge in [-0.2, -0.15) is 0 Å². The molecule has 1 aromatic carbocycles. The standard InChI is InChI=1S/C21H24N4O5/c1-5-22-20(27)23(4)13-16-19(24-11-7-6-8-18(24)26)15-12-14(25(28)29)9-10-17(15)30-21(16,2)3/h6-12H,5,13H2,1-4H3,(H,22,27). The first-order chi connectivity index (χ1) is 14.2. The summed E-state index contributed by atoms with van der Waals surface area (Å²) in [6.45, 7) is 6.14. The number of nitro benzene ring substituents is 1. The molecule has 158 valence electrons. The Bertz CT molecular complexity index is 1090. The SMILES string of the molecule is CCNC(=O)N(C)CC1=C(n2ccccc2=O)c2cc([N+](=O)[O-])ccc2OC1(C)C. The molecule has 1 aromatic heterocycles. The van der Waals surface area contributed by atoms with Crippen LogP contribution in [0.15, 0.2) is 53.0 Å². The Hall–Kier alpha value is -3.62. The maximum atomic E-state index is 12.7. The second kappa shape index (κ2) is 8.02. The number of carbonyl (C=O) groups excluding carboxylic acids is 1. The van der Waals surface area contributed by atoms with Crippen LogP contribution in [0.1, 0.15) is 26.3 Å². The fourth-order valence-corrected chi connectivity index (χ4v) is 3.44. The van der Waals surface area contributed by atoms with Crippen molar-refractivity contribution in [1.29, 1.82) is 0 Å². The van der Waals surface area contributed by atoms with Crippen molar-refractivity contribution in [2.45, 2.75) is 26.4 Å². The van der Waals surface area contributed by atoms with E-state index < -0.39 is 10.5 Å². The normalized spacial score (nSPS) is 14.5. The number of nitrogens with one attached hydrogen (secondary N) is 1. The monoisotopic (exact) mass is 412 g/mol. The van der Waals surface area contributed by atoms with Gasteiger partial charge in [0, 0.05) is 55.7 Å². The van der Waals surface area contributed by atoms with Crippen LogP contribution in [0, 0.1) is 10.1 Å². The molecule has 0 spiro atoms. The Morgan fingerprint density at radius 2 is 2.03 bits per heavy atom. The van der Waals surface area contributed by atoms with Crippen molar-refractivity contribution in [3.63, 3.8) is 0 Å². The molecule has 2 amide bonds. The fourth-order valence-electron chi connectivity index (χ4n) is 3.44. The Labute approximate surface area is 173 Å². The average Bonchev–Trinajstić information content (AvgIpc) is 2.68. The van der Waals surface area contributed by atoms with Crippen LogP contribution in [-0.4, -0.2) is 46.2 Å². The molecule has 1 N–H and O–H groups in total. The predicted octanol–water partition coefficient (Wildman–Crippen LogP) is 2.85. The first kappa shape index (κ1) is 21.1. The highest BCUT2D eigenvalue weighted by atomic mass is 16.6. The number of aromatic nitrogens is 1. The Kier molecular flexibility index (Phi) is 5.64. The third kappa shape index (κ3) is 3.91. The lowest BCUT2D eigenvalue weighted by Gasteiger charge is -2.38. The van der Waals surface area contributed by atoms with Crippen LogP contribution < -0.4 is 15.6 Å². The van der Waals surface area contributed by atoms with Crippen molar-refractivity contribution < 1.29 is 14.5 Å². The van der Waals surface area contributed by atoms with Crippen LogP contribution in [0.2, 0.25) is 0 Å². The third-order valence-corrected chi connectivity index (χ3v) is 4.94. The summed E-state index contributed by atoms with van der Waals surface area (Å²) in [4.78, 5) is 37.4. The van der Waals surface area contributed by atoms with Crippen LogP contribution >= 0.6 is 0 Å². The first-order valence-electron chi connectivity index (χ1n) is 9.54. The smallest absolute Gasteiger partial charge is 0.317 e. The second-order valence-electron chi connectivity index (χ2n) is 7.48. The largest absolute Gasteiger partial charge is 0.483 e. The number of carbonyl (C=O) groups is 1. The Balaban J connectivity index is 2.29. The summed E-state index contributed by atoms with van der Waals surface area (Å²) in [6.07, 6.45) is 1.60. The molecular formula is C21H24N4O5. The summed E-state index contributed by atoms with van der Waals surface area (Å²) in [5.41, 5.74) is 0.283. The van der Waals surface area contributed by atoms with Crippen molar-refractivity contribution in [3.8, 4) is 5.75 Å². The van der Waals surface area contributed by atoms with Crippen LogP contribution in [0.4, 0.5) is 10.5 Å². The molecule has 2 heterocycles. The number of pyridine rings is 1. The van der Waals surface area contributed by atoms with E-state index in [-0.39, 0.29) is 23.8 Å². The molecule has 0 fully saturated rings. The van der Waals surface area contributed by atoms with Crippen molar-refractivity contribution >= 4 is 17.4 Å². The van der Waals surface area contributed by atoms with Crippen molar-refractivity contribution in [2.75, 3.05) is 20.1 Å². The lowest BCUT2D eigenvalue weighted by molar-refractivity contribution is -0.384. The van der Waals surface area contributed by atoms with Crippen molar-refractivity contribution in [2.24, 2.45) is 0 Å². The van der Waals surface area contributed by atoms with Gasteiger partial charge in [0.05, 0.1) is 10.6 Å². The maximum absolute atomic E-state index is 12.7. The van der Waals surface area contributed by atoms with Gasteiger partial charge in [-0.05, 0) is 32.9 Å². The fraction of sp³-hybridized carbons (Fsp3) is 0.333. The van der Waals surface area contributed by atoms with Crippen LogP contribution in [-0.2, 0) is 0 Å². The average molecular weight is 412 g/mol. The number of benzene rings is 1. The summed E-state index contributed by atoms with van der Waals surface area (Å²) in [7, 11) is 1.64. The number of rotatable bonds is 5. The molecule has 0 radical (unpaired) electrons. The van der Waals surface area contributed by atoms with E-state index in [4.69, 9.17) is 4.74 Å². The van der Waals surface area contributed by atoms with Gasteiger partial charge in [-0.3, -0.25) is 19.5 Å². The van der Waals surface area contributed by atoms with Crippen LogP contribution in [0.25, 0.3) is 5.70 Å². The molecule has 0 bridgehead atoms. The van der Waals surface area contributed by atoms with Crippen molar-refractivity contribution in [1.82, 2.24) is 14.8 Å². The number of likely N-dealkylation sites (N-methyl/N-ethyl adjacent to an activating group) is 1. The topological polar surface area (TPSA) is 107 Å². The highest BCUT2D eigenvalue weighted by Crippen LogP contribution is 2.42. The molecule has 1 aliphatic rings. The van der Waals surface area contributed by atoms with Gasteiger partial charge in [0.1, 0.15) is 11.4 Å². The zero-order valence-corrected chi connectivity index (χ0v) is 17.3. The minimum Gasteiger partial charge on any atom is -0.483 e. The number of amides is 2. The molecule has 3 rings (SSSR count). The molecule has 0 aliphatic carbocycles. The van der Waals surface area contributed by atoms with E-state index >= 15 is 0 Å². The third-order valence-electron chi connectivity index (χ3n) is 4.94. The van der Waals surface area contributed by atoms with Gasteiger partial charge >= 0.3 is 6.03 Å². The number of nitro groups is 1. The summed E-state index contributed by atoms with van der Waals surface area (Å²) in [6, 6.07) is 8.77. The molecular weight excluding hydrogens is 388 g/mol. The first-order valence-corrected chi connectivity index (χ1v) is 9.54. The van der Waals surface area contributed by atoms with E-state index in [1.807, 2.05) is 20.8 Å². The Morgan fingerprint density at radius 3 is 2.67 bits per heavy atom. The van der Waals surface area contributed by atoms with Gasteiger partial charge in [-0.25, -0.2) is 4.79 Å². The van der Waals surface area contributed by atoms with Gasteiger partial charge in [-0.15, -0.1) is 0 Å². The van der Waals surface area contributed by atoms with E-state index in [0.29, 0.717) is 29.1 Å². The molecule has 30 heavy (non-hydrogen) atoms. The molecule has 9 heteroatoms. The number of hydrogen-bond donors (Lipinski definition) is 1. The van der Waals surface area contributed by atoms with Gasteiger partial charge in [0.2, 0.25) is 0 Å². The molecule has 1 aliphatic heterocycles. The number of nitrogens with zero attached hydrogens (tertiary/aromatic N) is 3. The lowest BCUT2D eigenvalue weighted by atomic mass is 9.88. The quantitative estimate of drug-likeness (QED) is 0.600. The number of urea groups is 1. The van der Waals surface area contributed by atoms with Crippen molar-refractivity contribution in [3.05, 3.63) is 74.2 Å². The van der Waals surface area contributed by atoms with Gasteiger partial charge in [0.25, 0.3) is 11.2 Å². The summed E-state index contributed by atoms with van der Waals surface area (Å²) in [5.74, 6) is 0.431. The Morgan fingerprint density at radius 1 is 1.30 bits per heavy atom. The minimum atomic E-state index is -0.867. The molecule has 9 nitrogen and oxygen atoms in total. The zero-order chi connectivity index (χ0) is 22.1. The highest BCUT2D eigenvalue weighted by molar-refractivity contribution is 5.80. The van der Waals surface area contributed by atoms with Gasteiger partial charge in [-0.1, -0.05) is 6.07 Å². The van der Waals surface area contributed by atoms with E-state index in [9.17, 15) is 19.7 Å². The summed E-state index contributed by atoms with van der Waals surface area (Å²) < 4.78 is 7.58. The molecule has 0 saturated heterocycles. The lowest BCUT2D eigenvalue weighted by Crippen LogP contribution is -2.45. The summed E-state index contributed by atoms with van der Waals surface area (Å²) >= 11 is 0. The number of non-ortho nitro benzene ring substituents is 1. The number of ether oxygens (including phenoxy) is 1.